The van der Waals surface area contributed by atoms with Crippen LogP contribution >= 0.6 is 0 Å². The highest BCUT2D eigenvalue weighted by Crippen LogP contribution is 2.24. The summed E-state index contributed by atoms with van der Waals surface area (Å²) in [6, 6.07) is 9.52. The van der Waals surface area contributed by atoms with E-state index < -0.39 is 4.92 Å². The summed E-state index contributed by atoms with van der Waals surface area (Å²) in [6.45, 7) is 0. The molecule has 2 aromatic carbocycles. The Morgan fingerprint density at radius 3 is 2.53 bits per heavy atom. The summed E-state index contributed by atoms with van der Waals surface area (Å²) in [5, 5.41) is 20.6. The van der Waals surface area contributed by atoms with Crippen molar-refractivity contribution < 1.29 is 4.92 Å². The van der Waals surface area contributed by atoms with Crippen molar-refractivity contribution in [2.75, 3.05) is 0 Å². The molecule has 5 nitrogen and oxygen atoms in total. The molecule has 0 radical (unpaired) electrons. The van der Waals surface area contributed by atoms with E-state index in [0.717, 1.165) is 5.39 Å². The first kappa shape index (κ1) is 9.09. The molecule has 0 heterocycles. The van der Waals surface area contributed by atoms with Crippen LogP contribution in [0.2, 0.25) is 0 Å². The molecule has 0 saturated heterocycles. The minimum Gasteiger partial charge on any atom is -0.258 e. The van der Waals surface area contributed by atoms with Gasteiger partial charge in [-0.25, -0.2) is 0 Å². The molecule has 0 aliphatic carbocycles. The van der Waals surface area contributed by atoms with E-state index >= 15 is 0 Å². The third-order valence-electron chi connectivity index (χ3n) is 2.13. The smallest absolute Gasteiger partial charge is 0.258 e. The molecule has 0 spiro atoms. The lowest BCUT2D eigenvalue weighted by atomic mass is 10.1. The van der Waals surface area contributed by atoms with Gasteiger partial charge in [0, 0.05) is 24.3 Å². The molecule has 5 heteroatoms. The van der Waals surface area contributed by atoms with Crippen molar-refractivity contribution in [3.63, 3.8) is 0 Å². The second-order valence-electron chi connectivity index (χ2n) is 3.07. The van der Waals surface area contributed by atoms with E-state index in [0.29, 0.717) is 11.1 Å². The van der Waals surface area contributed by atoms with Crippen LogP contribution in [-0.4, -0.2) is 4.92 Å². The first-order valence-electron chi connectivity index (χ1n) is 4.24. The van der Waals surface area contributed by atoms with Gasteiger partial charge in [-0.2, -0.15) is 0 Å². The maximum atomic E-state index is 10.5. The first-order valence-corrected chi connectivity index (χ1v) is 4.24. The Hall–Kier alpha value is -2.48. The van der Waals surface area contributed by atoms with Gasteiger partial charge in [0.2, 0.25) is 5.39 Å². The number of hydrogen-bond donors (Lipinski definition) is 0. The molecule has 0 saturated carbocycles. The Kier molecular flexibility index (Phi) is 2.03. The van der Waals surface area contributed by atoms with E-state index in [1.54, 1.807) is 24.3 Å². The lowest BCUT2D eigenvalue weighted by molar-refractivity contribution is -0.384. The largest absolute Gasteiger partial charge is 0.385 e. The number of nitrogens with zero attached hydrogens (tertiary/aromatic N) is 3. The lowest BCUT2D eigenvalue weighted by Crippen LogP contribution is -1.86. The molecule has 0 aliphatic rings. The van der Waals surface area contributed by atoms with Gasteiger partial charge in [0.1, 0.15) is 0 Å². The zero-order valence-corrected chi connectivity index (χ0v) is 7.62. The summed E-state index contributed by atoms with van der Waals surface area (Å²) < 4.78 is 0. The first-order chi connectivity index (χ1) is 7.20. The average molecular weight is 200 g/mol. The molecule has 0 N–H and O–H groups in total. The summed E-state index contributed by atoms with van der Waals surface area (Å²) >= 11 is 0. The number of fused-ring (bicyclic) bond motifs is 1. The number of nitro benzene ring substituents is 1. The molecular formula is C10H6N3O2+. The number of benzene rings is 2. The van der Waals surface area contributed by atoms with Crippen molar-refractivity contribution in [3.8, 4) is 0 Å². The van der Waals surface area contributed by atoms with Crippen LogP contribution in [0, 0.1) is 15.5 Å². The molecule has 72 valence electrons. The number of hydrogen-bond acceptors (Lipinski definition) is 3. The Bertz CT molecular complexity index is 587. The zero-order chi connectivity index (χ0) is 10.8. The van der Waals surface area contributed by atoms with Crippen molar-refractivity contribution in [3.05, 3.63) is 51.5 Å². The van der Waals surface area contributed by atoms with Gasteiger partial charge in [-0.3, -0.25) is 10.1 Å². The van der Waals surface area contributed by atoms with E-state index in [4.69, 9.17) is 5.39 Å². The van der Waals surface area contributed by atoms with Gasteiger partial charge in [-0.05, 0) is 22.9 Å². The maximum Gasteiger partial charge on any atom is 0.385 e. The van der Waals surface area contributed by atoms with E-state index in [2.05, 4.69) is 4.98 Å². The summed E-state index contributed by atoms with van der Waals surface area (Å²) in [4.78, 5) is 13.1. The second-order valence-corrected chi connectivity index (χ2v) is 3.07. The standard InChI is InChI=1S/C10H6N3O2/c11-12-9-3-1-7-2-4-10(13(14)15)6-8(7)5-9/h1-6H/q+1. The van der Waals surface area contributed by atoms with Gasteiger partial charge < -0.3 is 0 Å². The van der Waals surface area contributed by atoms with Crippen LogP contribution in [0.5, 0.6) is 0 Å². The Morgan fingerprint density at radius 1 is 1.13 bits per heavy atom. The minimum absolute atomic E-state index is 0.0255. The summed E-state index contributed by atoms with van der Waals surface area (Å²) in [5.74, 6) is 0. The van der Waals surface area contributed by atoms with Crippen LogP contribution in [-0.2, 0) is 0 Å². The molecule has 2 rings (SSSR count). The molecule has 0 unspecified atom stereocenters. The highest BCUT2D eigenvalue weighted by atomic mass is 16.6. The fraction of sp³-hybridized carbons (Fsp3) is 0. The molecule has 0 bridgehead atoms. The van der Waals surface area contributed by atoms with Crippen LogP contribution in [0.4, 0.5) is 11.4 Å². The van der Waals surface area contributed by atoms with Crippen molar-refractivity contribution in [2.24, 2.45) is 0 Å². The Morgan fingerprint density at radius 2 is 1.87 bits per heavy atom. The van der Waals surface area contributed by atoms with E-state index in [1.807, 2.05) is 0 Å². The number of non-ortho nitro benzene ring substituents is 1. The molecule has 0 aromatic heterocycles. The van der Waals surface area contributed by atoms with Crippen molar-refractivity contribution in [1.29, 1.82) is 5.39 Å². The van der Waals surface area contributed by atoms with Crippen molar-refractivity contribution in [2.45, 2.75) is 0 Å². The van der Waals surface area contributed by atoms with Crippen LogP contribution in [0.15, 0.2) is 36.4 Å². The SMILES string of the molecule is N#[N+]c1ccc2ccc([N+](=O)[O-])cc2c1. The second kappa shape index (κ2) is 3.35. The number of diazo groups is 1. The monoisotopic (exact) mass is 200 g/mol. The summed E-state index contributed by atoms with van der Waals surface area (Å²) in [5.41, 5.74) is 0.403. The average Bonchev–Trinajstić information content (AvgIpc) is 2.27. The van der Waals surface area contributed by atoms with Crippen LogP contribution in [0.25, 0.3) is 15.7 Å². The molecule has 15 heavy (non-hydrogen) atoms. The summed E-state index contributed by atoms with van der Waals surface area (Å²) in [6.07, 6.45) is 0. The quantitative estimate of drug-likeness (QED) is 0.403. The van der Waals surface area contributed by atoms with Gasteiger partial charge in [-0.1, -0.05) is 0 Å². The predicted octanol–water partition coefficient (Wildman–Crippen LogP) is 3.23. The molecule has 2 aromatic rings. The fourth-order valence-electron chi connectivity index (χ4n) is 1.40. The van der Waals surface area contributed by atoms with Gasteiger partial charge in [0.05, 0.1) is 4.92 Å². The predicted molar refractivity (Wildman–Crippen MR) is 55.3 cm³/mol. The Balaban J connectivity index is 2.69. The molecule has 0 fully saturated rings. The van der Waals surface area contributed by atoms with Crippen LogP contribution in [0.3, 0.4) is 0 Å². The highest BCUT2D eigenvalue weighted by molar-refractivity contribution is 5.87. The Labute approximate surface area is 84.7 Å². The zero-order valence-electron chi connectivity index (χ0n) is 7.62. The van der Waals surface area contributed by atoms with E-state index in [1.165, 1.54) is 12.1 Å². The number of nitro groups is 1. The van der Waals surface area contributed by atoms with Crippen molar-refractivity contribution >= 4 is 22.1 Å². The van der Waals surface area contributed by atoms with Gasteiger partial charge in [0.25, 0.3) is 5.69 Å². The molecule has 0 atom stereocenters. The van der Waals surface area contributed by atoms with Gasteiger partial charge in [-0.15, -0.1) is 0 Å². The maximum absolute atomic E-state index is 10.5. The van der Waals surface area contributed by atoms with E-state index in [-0.39, 0.29) is 5.69 Å². The van der Waals surface area contributed by atoms with E-state index in [9.17, 15) is 10.1 Å². The van der Waals surface area contributed by atoms with Crippen LogP contribution < -0.4 is 0 Å². The molecular weight excluding hydrogens is 194 g/mol. The minimum atomic E-state index is -0.456. The highest BCUT2D eigenvalue weighted by Gasteiger charge is 2.09. The topological polar surface area (TPSA) is 71.3 Å². The summed E-state index contributed by atoms with van der Waals surface area (Å²) in [7, 11) is 0. The number of rotatable bonds is 1. The third kappa shape index (κ3) is 1.60. The molecule has 0 amide bonds. The van der Waals surface area contributed by atoms with Gasteiger partial charge >= 0.3 is 5.69 Å². The lowest BCUT2D eigenvalue weighted by Gasteiger charge is -1.94. The normalized spacial score (nSPS) is 9.80. The third-order valence-corrected chi connectivity index (χ3v) is 2.13. The van der Waals surface area contributed by atoms with Crippen molar-refractivity contribution in [1.82, 2.24) is 0 Å². The fourth-order valence-corrected chi connectivity index (χ4v) is 1.40. The van der Waals surface area contributed by atoms with Gasteiger partial charge in [0.15, 0.2) is 4.98 Å². The van der Waals surface area contributed by atoms with Crippen LogP contribution in [0.1, 0.15) is 0 Å². The molecule has 0 aliphatic heterocycles.